The maximum absolute atomic E-state index is 13.2. The lowest BCUT2D eigenvalue weighted by Gasteiger charge is -2.42. The van der Waals surface area contributed by atoms with Gasteiger partial charge in [-0.25, -0.2) is 14.4 Å². The van der Waals surface area contributed by atoms with Crippen LogP contribution in [0.3, 0.4) is 0 Å². The van der Waals surface area contributed by atoms with E-state index in [0.29, 0.717) is 55.5 Å². The minimum absolute atomic E-state index is 0.0487. The van der Waals surface area contributed by atoms with Crippen LogP contribution in [0.1, 0.15) is 58.6 Å². The van der Waals surface area contributed by atoms with Crippen LogP contribution >= 0.6 is 0 Å². The van der Waals surface area contributed by atoms with Crippen molar-refractivity contribution >= 4 is 51.3 Å². The molecule has 6 rings (SSSR count). The zero-order valence-electron chi connectivity index (χ0n) is 32.0. The number of halogens is 6. The van der Waals surface area contributed by atoms with Gasteiger partial charge in [0.05, 0.1) is 41.1 Å². The van der Waals surface area contributed by atoms with Crippen molar-refractivity contribution in [2.75, 3.05) is 49.1 Å². The first kappa shape index (κ1) is 44.3. The van der Waals surface area contributed by atoms with Crippen LogP contribution in [-0.2, 0) is 26.7 Å². The van der Waals surface area contributed by atoms with Crippen molar-refractivity contribution in [2.24, 2.45) is 0 Å². The molecule has 3 N–H and O–H groups in total. The van der Waals surface area contributed by atoms with Crippen LogP contribution < -0.4 is 15.1 Å². The summed E-state index contributed by atoms with van der Waals surface area (Å²) in [6, 6.07) is 8.20. The normalized spacial score (nSPS) is 17.9. The summed E-state index contributed by atoms with van der Waals surface area (Å²) in [6.07, 6.45) is -3.77. The molecule has 0 bridgehead atoms. The highest BCUT2D eigenvalue weighted by atomic mass is 19.4. The molecule has 2 aliphatic heterocycles. The van der Waals surface area contributed by atoms with E-state index in [-0.39, 0.29) is 28.5 Å². The van der Waals surface area contributed by atoms with Gasteiger partial charge in [-0.05, 0) is 70.0 Å². The number of amides is 1. The predicted octanol–water partition coefficient (Wildman–Crippen LogP) is 8.64. The first-order chi connectivity index (χ1) is 26.6. The third-order valence-electron chi connectivity index (χ3n) is 9.18. The van der Waals surface area contributed by atoms with Gasteiger partial charge in [-0.3, -0.25) is 0 Å². The molecule has 2 aliphatic rings. The lowest BCUT2D eigenvalue weighted by Crippen LogP contribution is -2.56. The summed E-state index contributed by atoms with van der Waals surface area (Å²) in [4.78, 5) is 37.4. The Hall–Kier alpha value is -5.39. The Kier molecular flexibility index (Phi) is 14.2. The van der Waals surface area contributed by atoms with E-state index in [1.165, 1.54) is 36.8 Å². The number of alkyl halides is 6. The van der Waals surface area contributed by atoms with E-state index in [9.17, 15) is 40.7 Å². The second-order valence-electron chi connectivity index (χ2n) is 14.3. The molecule has 4 aromatic rings. The Morgan fingerprint density at radius 1 is 0.754 bits per heavy atom. The van der Waals surface area contributed by atoms with Gasteiger partial charge in [-0.15, -0.1) is 0 Å². The molecular formula is C39H46F6N4O8. The van der Waals surface area contributed by atoms with Crippen LogP contribution in [0.15, 0.2) is 69.9 Å². The Balaban J connectivity index is 0.000000218. The van der Waals surface area contributed by atoms with Gasteiger partial charge in [0.15, 0.2) is 11.2 Å². The quantitative estimate of drug-likeness (QED) is 0.127. The summed E-state index contributed by atoms with van der Waals surface area (Å²) >= 11 is 0. The number of carbonyl (C=O) groups is 3. The molecule has 1 amide bonds. The second-order valence-corrected chi connectivity index (χ2v) is 14.3. The molecule has 0 aliphatic carbocycles. The number of nitrogens with zero attached hydrogens (tertiary/aromatic N) is 3. The fourth-order valence-corrected chi connectivity index (χ4v) is 6.53. The number of carboxylic acid groups (broad SMARTS) is 2. The third-order valence-corrected chi connectivity index (χ3v) is 9.18. The minimum Gasteiger partial charge on any atom is -0.478 e. The van der Waals surface area contributed by atoms with E-state index in [2.05, 4.69) is 17.1 Å². The lowest BCUT2D eigenvalue weighted by atomic mass is 10.1. The van der Waals surface area contributed by atoms with Crippen LogP contribution in [0.25, 0.3) is 21.9 Å². The van der Waals surface area contributed by atoms with Gasteiger partial charge < -0.3 is 43.8 Å². The van der Waals surface area contributed by atoms with E-state index >= 15 is 0 Å². The number of fused-ring (bicyclic) bond motifs is 2. The van der Waals surface area contributed by atoms with E-state index in [1.807, 2.05) is 32.6 Å². The molecule has 2 aromatic carbocycles. The monoisotopic (exact) mass is 812 g/mol. The van der Waals surface area contributed by atoms with Crippen LogP contribution in [-0.4, -0.2) is 90.1 Å². The first-order valence-corrected chi connectivity index (χ1v) is 18.2. The van der Waals surface area contributed by atoms with E-state index < -0.39 is 41.0 Å². The number of aliphatic carboxylic acids is 2. The van der Waals surface area contributed by atoms with Gasteiger partial charge in [-0.2, -0.15) is 26.3 Å². The maximum Gasteiger partial charge on any atom is 0.417 e. The second kappa shape index (κ2) is 18.3. The maximum atomic E-state index is 13.2. The summed E-state index contributed by atoms with van der Waals surface area (Å²) in [6.45, 7) is 13.3. The molecule has 0 radical (unpaired) electrons. The van der Waals surface area contributed by atoms with Gasteiger partial charge in [0.1, 0.15) is 5.60 Å². The van der Waals surface area contributed by atoms with Crippen LogP contribution in [0.5, 0.6) is 0 Å². The Labute approximate surface area is 324 Å². The summed E-state index contributed by atoms with van der Waals surface area (Å²) in [5.74, 6) is -2.51. The van der Waals surface area contributed by atoms with Crippen LogP contribution in [0.4, 0.5) is 42.5 Å². The standard InChI is InChI=1S/C20H25F3N2O3.C15H17F3N2O.C4H4O4/c1-5-13-12-24(9-10-25(13)18(26)28-19(2,3)4)16-7-6-15(20(21,22)23)14-8-11-27-17(14)16;1-2-10-9-20(7-6-19-10)13-4-3-12(15(16,17)18)11-5-8-21-14(11)13;5-3(6)1-2-4(7)8/h6-8,11,13H,5,9-10,12H2,1-4H3;3-5,8,10,19H,2,6-7,9H2,1H3;1-2H,(H,5,6)(H,7,8)/t13-;10-;/m00./s1. The van der Waals surface area contributed by atoms with Crippen molar-refractivity contribution in [2.45, 2.75) is 77.5 Å². The van der Waals surface area contributed by atoms with Crippen LogP contribution in [0.2, 0.25) is 0 Å². The zero-order valence-corrected chi connectivity index (χ0v) is 32.0. The number of nitrogens with one attached hydrogen (secondary N) is 1. The number of carboxylic acids is 2. The van der Waals surface area contributed by atoms with Crippen LogP contribution in [0, 0.1) is 0 Å². The topological polar surface area (TPSA) is 149 Å². The number of carbonyl (C=O) groups excluding carboxylic acids is 1. The van der Waals surface area contributed by atoms with Gasteiger partial charge in [0.25, 0.3) is 0 Å². The average Bonchev–Trinajstić information content (AvgIpc) is 3.83. The number of ether oxygens (including phenoxy) is 1. The summed E-state index contributed by atoms with van der Waals surface area (Å²) in [5, 5.41) is 19.2. The summed E-state index contributed by atoms with van der Waals surface area (Å²) < 4.78 is 95.0. The molecule has 0 unspecified atom stereocenters. The molecule has 18 heteroatoms. The van der Waals surface area contributed by atoms with E-state index in [0.717, 1.165) is 43.9 Å². The highest BCUT2D eigenvalue weighted by Gasteiger charge is 2.37. The molecule has 2 fully saturated rings. The summed E-state index contributed by atoms with van der Waals surface area (Å²) in [5.41, 5.74) is -0.0490. The minimum atomic E-state index is -4.44. The van der Waals surface area contributed by atoms with Gasteiger partial charge in [0.2, 0.25) is 0 Å². The molecule has 57 heavy (non-hydrogen) atoms. The fourth-order valence-electron chi connectivity index (χ4n) is 6.53. The van der Waals surface area contributed by atoms with Gasteiger partial charge in [0, 0.05) is 68.2 Å². The molecule has 0 saturated carbocycles. The average molecular weight is 813 g/mol. The largest absolute Gasteiger partial charge is 0.478 e. The van der Waals surface area contributed by atoms with Gasteiger partial charge in [-0.1, -0.05) is 13.8 Å². The Morgan fingerprint density at radius 3 is 1.67 bits per heavy atom. The highest BCUT2D eigenvalue weighted by molar-refractivity contribution is 5.93. The van der Waals surface area contributed by atoms with Crippen molar-refractivity contribution in [3.05, 3.63) is 72.2 Å². The van der Waals surface area contributed by atoms with E-state index in [4.69, 9.17) is 23.8 Å². The lowest BCUT2D eigenvalue weighted by molar-refractivity contribution is -0.137. The number of piperazine rings is 2. The Bertz CT molecular complexity index is 2020. The van der Waals surface area contributed by atoms with Crippen molar-refractivity contribution in [1.29, 1.82) is 0 Å². The molecule has 312 valence electrons. The fraction of sp³-hybridized carbons (Fsp3) is 0.462. The molecule has 12 nitrogen and oxygen atoms in total. The van der Waals surface area contributed by atoms with Crippen molar-refractivity contribution < 1.29 is 64.5 Å². The number of hydrogen-bond donors (Lipinski definition) is 3. The Morgan fingerprint density at radius 2 is 1.25 bits per heavy atom. The molecular weight excluding hydrogens is 766 g/mol. The number of hydrogen-bond acceptors (Lipinski definition) is 9. The molecule has 2 aromatic heterocycles. The SMILES string of the molecule is CC[C@H]1CN(c2ccc(C(F)(F)F)c3ccoc23)CCN1.CC[C@H]1CN(c2ccc(C(F)(F)F)c3ccoc23)CCN1C(=O)OC(C)(C)C.O=C(O)C=CC(=O)O. The molecule has 2 atom stereocenters. The zero-order chi connectivity index (χ0) is 42.3. The van der Waals surface area contributed by atoms with Crippen molar-refractivity contribution in [3.63, 3.8) is 0 Å². The molecule has 4 heterocycles. The smallest absolute Gasteiger partial charge is 0.417 e. The van der Waals surface area contributed by atoms with Gasteiger partial charge >= 0.3 is 30.4 Å². The predicted molar refractivity (Wildman–Crippen MR) is 200 cm³/mol. The highest BCUT2D eigenvalue weighted by Crippen LogP contribution is 2.41. The third kappa shape index (κ3) is 11.6. The van der Waals surface area contributed by atoms with E-state index in [1.54, 1.807) is 4.90 Å². The number of furan rings is 2. The molecule has 2 saturated heterocycles. The number of anilines is 2. The van der Waals surface area contributed by atoms with Crippen molar-refractivity contribution in [1.82, 2.24) is 10.2 Å². The summed E-state index contributed by atoms with van der Waals surface area (Å²) in [7, 11) is 0. The van der Waals surface area contributed by atoms with Crippen molar-refractivity contribution in [3.8, 4) is 0 Å². The molecule has 0 spiro atoms. The number of rotatable bonds is 6. The first-order valence-electron chi connectivity index (χ1n) is 18.2. The number of benzene rings is 2.